The summed E-state index contributed by atoms with van der Waals surface area (Å²) in [6.45, 7) is 3.62. The Labute approximate surface area is 113 Å². The molecule has 6 heteroatoms. The molecule has 2 N–H and O–H groups in total. The highest BCUT2D eigenvalue weighted by molar-refractivity contribution is 5.83. The lowest BCUT2D eigenvalue weighted by molar-refractivity contribution is -0.142. The third-order valence-electron chi connectivity index (χ3n) is 3.06. The Morgan fingerprint density at radius 1 is 1.42 bits per heavy atom. The second-order valence-electron chi connectivity index (χ2n) is 4.68. The summed E-state index contributed by atoms with van der Waals surface area (Å²) in [5, 5.41) is 11.4. The van der Waals surface area contributed by atoms with Crippen LogP contribution >= 0.6 is 0 Å². The van der Waals surface area contributed by atoms with Crippen LogP contribution in [0.4, 0.5) is 0 Å². The molecule has 1 atom stereocenters. The number of hydrogen-bond donors (Lipinski definition) is 2. The van der Waals surface area contributed by atoms with Crippen LogP contribution in [-0.2, 0) is 19.1 Å². The van der Waals surface area contributed by atoms with Gasteiger partial charge in [0.15, 0.2) is 0 Å². The second kappa shape index (κ2) is 8.87. The normalized spacial score (nSPS) is 17.9. The Morgan fingerprint density at radius 2 is 2.11 bits per heavy atom. The number of amides is 1. The van der Waals surface area contributed by atoms with Gasteiger partial charge in [-0.2, -0.15) is 0 Å². The summed E-state index contributed by atoms with van der Waals surface area (Å²) in [5.41, 5.74) is 0. The summed E-state index contributed by atoms with van der Waals surface area (Å²) in [4.78, 5) is 22.5. The number of nitrogens with one attached hydrogen (secondary N) is 1. The van der Waals surface area contributed by atoms with Crippen molar-refractivity contribution in [3.05, 3.63) is 0 Å². The molecule has 19 heavy (non-hydrogen) atoms. The first-order chi connectivity index (χ1) is 9.13. The molecule has 1 heterocycles. The van der Waals surface area contributed by atoms with E-state index in [1.54, 1.807) is 0 Å². The molecule has 1 unspecified atom stereocenters. The predicted molar refractivity (Wildman–Crippen MR) is 68.9 cm³/mol. The molecule has 0 aliphatic carbocycles. The molecule has 6 nitrogen and oxygen atoms in total. The quantitative estimate of drug-likeness (QED) is 0.687. The first-order valence-electron chi connectivity index (χ1n) is 6.85. The summed E-state index contributed by atoms with van der Waals surface area (Å²) in [7, 11) is 0. The smallest absolute Gasteiger partial charge is 0.326 e. The lowest BCUT2D eigenvalue weighted by Crippen LogP contribution is -2.41. The minimum absolute atomic E-state index is 0.160. The fraction of sp³-hybridized carbons (Fsp3) is 0.846. The van der Waals surface area contributed by atoms with Crippen molar-refractivity contribution >= 4 is 11.9 Å². The van der Waals surface area contributed by atoms with Crippen LogP contribution in [0.25, 0.3) is 0 Å². The topological polar surface area (TPSA) is 84.9 Å². The molecule has 1 amide bonds. The summed E-state index contributed by atoms with van der Waals surface area (Å²) in [6, 6.07) is -0.791. The van der Waals surface area contributed by atoms with Crippen LogP contribution in [-0.4, -0.2) is 48.9 Å². The molecule has 0 bridgehead atoms. The van der Waals surface area contributed by atoms with E-state index < -0.39 is 12.0 Å². The fourth-order valence-electron chi connectivity index (χ4n) is 1.97. The molecule has 0 aromatic rings. The van der Waals surface area contributed by atoms with Crippen LogP contribution in [0.15, 0.2) is 0 Å². The minimum atomic E-state index is -0.986. The largest absolute Gasteiger partial charge is 0.480 e. The minimum Gasteiger partial charge on any atom is -0.480 e. The van der Waals surface area contributed by atoms with E-state index >= 15 is 0 Å². The number of carbonyl (C=O) groups excluding carboxylic acids is 1. The number of carbonyl (C=O) groups is 2. The van der Waals surface area contributed by atoms with Gasteiger partial charge in [0.05, 0.1) is 12.7 Å². The van der Waals surface area contributed by atoms with E-state index in [9.17, 15) is 9.59 Å². The van der Waals surface area contributed by atoms with E-state index in [1.807, 2.05) is 6.92 Å². The van der Waals surface area contributed by atoms with Gasteiger partial charge in [-0.3, -0.25) is 4.79 Å². The van der Waals surface area contributed by atoms with Crippen molar-refractivity contribution in [1.29, 1.82) is 0 Å². The van der Waals surface area contributed by atoms with Crippen LogP contribution in [0.2, 0.25) is 0 Å². The zero-order valence-corrected chi connectivity index (χ0v) is 11.4. The van der Waals surface area contributed by atoms with Crippen molar-refractivity contribution in [2.45, 2.75) is 51.2 Å². The first kappa shape index (κ1) is 15.9. The van der Waals surface area contributed by atoms with Crippen molar-refractivity contribution in [3.8, 4) is 0 Å². The monoisotopic (exact) mass is 273 g/mol. The highest BCUT2D eigenvalue weighted by Gasteiger charge is 2.19. The molecule has 0 radical (unpaired) electrons. The van der Waals surface area contributed by atoms with Gasteiger partial charge in [-0.25, -0.2) is 4.79 Å². The van der Waals surface area contributed by atoms with Gasteiger partial charge in [0.25, 0.3) is 0 Å². The molecule has 1 fully saturated rings. The molecule has 110 valence electrons. The van der Waals surface area contributed by atoms with E-state index in [-0.39, 0.29) is 18.4 Å². The maximum absolute atomic E-state index is 11.6. The summed E-state index contributed by atoms with van der Waals surface area (Å²) < 4.78 is 10.8. The number of ether oxygens (including phenoxy) is 2. The van der Waals surface area contributed by atoms with Gasteiger partial charge in [0, 0.05) is 19.6 Å². The van der Waals surface area contributed by atoms with E-state index in [4.69, 9.17) is 14.6 Å². The number of rotatable bonds is 8. The maximum Gasteiger partial charge on any atom is 0.326 e. The molecule has 0 aromatic heterocycles. The molecule has 0 saturated carbocycles. The van der Waals surface area contributed by atoms with E-state index in [0.717, 1.165) is 19.3 Å². The fourth-order valence-corrected chi connectivity index (χ4v) is 1.97. The third kappa shape index (κ3) is 6.54. The number of aliphatic carboxylic acids is 1. The number of carboxylic acid groups (broad SMARTS) is 1. The standard InChI is InChI=1S/C13H23NO5/c1-2-3-11(13(16)17)14-12(15)6-9-19-10-4-7-18-8-5-10/h10-11H,2-9H2,1H3,(H,14,15)(H,16,17). The van der Waals surface area contributed by atoms with Crippen LogP contribution in [0.1, 0.15) is 39.0 Å². The van der Waals surface area contributed by atoms with Crippen molar-refractivity contribution in [2.75, 3.05) is 19.8 Å². The summed E-state index contributed by atoms with van der Waals surface area (Å²) >= 11 is 0. The van der Waals surface area contributed by atoms with Crippen molar-refractivity contribution in [2.24, 2.45) is 0 Å². The van der Waals surface area contributed by atoms with E-state index in [1.165, 1.54) is 0 Å². The lowest BCUT2D eigenvalue weighted by Gasteiger charge is -2.22. The van der Waals surface area contributed by atoms with Crippen molar-refractivity contribution in [3.63, 3.8) is 0 Å². The molecule has 0 aromatic carbocycles. The van der Waals surface area contributed by atoms with Crippen molar-refractivity contribution in [1.82, 2.24) is 5.32 Å². The molecular formula is C13H23NO5. The average molecular weight is 273 g/mol. The Hall–Kier alpha value is -1.14. The SMILES string of the molecule is CCCC(NC(=O)CCOC1CCOCC1)C(=O)O. The Bertz CT molecular complexity index is 289. The highest BCUT2D eigenvalue weighted by Crippen LogP contribution is 2.10. The predicted octanol–water partition coefficient (Wildman–Crippen LogP) is 0.942. The lowest BCUT2D eigenvalue weighted by atomic mass is 10.1. The summed E-state index contributed by atoms with van der Waals surface area (Å²) in [5.74, 6) is -1.26. The van der Waals surface area contributed by atoms with Crippen LogP contribution < -0.4 is 5.32 Å². The van der Waals surface area contributed by atoms with E-state index in [2.05, 4.69) is 5.32 Å². The Balaban J connectivity index is 2.17. The van der Waals surface area contributed by atoms with Crippen molar-refractivity contribution < 1.29 is 24.2 Å². The van der Waals surface area contributed by atoms with Gasteiger partial charge in [-0.1, -0.05) is 13.3 Å². The van der Waals surface area contributed by atoms with Gasteiger partial charge in [-0.05, 0) is 19.3 Å². The molecular weight excluding hydrogens is 250 g/mol. The molecule has 1 rings (SSSR count). The Morgan fingerprint density at radius 3 is 2.68 bits per heavy atom. The zero-order chi connectivity index (χ0) is 14.1. The number of hydrogen-bond acceptors (Lipinski definition) is 4. The van der Waals surface area contributed by atoms with Gasteiger partial charge in [-0.15, -0.1) is 0 Å². The highest BCUT2D eigenvalue weighted by atomic mass is 16.5. The number of carboxylic acids is 1. The van der Waals surface area contributed by atoms with Gasteiger partial charge >= 0.3 is 5.97 Å². The van der Waals surface area contributed by atoms with Crippen LogP contribution in [0.3, 0.4) is 0 Å². The second-order valence-corrected chi connectivity index (χ2v) is 4.68. The maximum atomic E-state index is 11.6. The zero-order valence-electron chi connectivity index (χ0n) is 11.4. The molecule has 1 aliphatic heterocycles. The van der Waals surface area contributed by atoms with Gasteiger partial charge < -0.3 is 19.9 Å². The summed E-state index contributed by atoms with van der Waals surface area (Å²) in [6.07, 6.45) is 3.24. The molecule has 1 aliphatic rings. The van der Waals surface area contributed by atoms with Gasteiger partial charge in [0.2, 0.25) is 5.91 Å². The molecule has 0 spiro atoms. The van der Waals surface area contributed by atoms with E-state index in [0.29, 0.717) is 26.2 Å². The van der Waals surface area contributed by atoms with Crippen LogP contribution in [0.5, 0.6) is 0 Å². The third-order valence-corrected chi connectivity index (χ3v) is 3.06. The average Bonchev–Trinajstić information content (AvgIpc) is 2.39. The molecule has 1 saturated heterocycles. The first-order valence-corrected chi connectivity index (χ1v) is 6.85. The van der Waals surface area contributed by atoms with Gasteiger partial charge in [0.1, 0.15) is 6.04 Å². The Kier molecular flexibility index (Phi) is 7.43. The van der Waals surface area contributed by atoms with Crippen LogP contribution in [0, 0.1) is 0 Å².